The Morgan fingerprint density at radius 1 is 1.19 bits per heavy atom. The van der Waals surface area contributed by atoms with E-state index in [1.165, 1.54) is 12.1 Å². The molecule has 2 N–H and O–H groups in total. The van der Waals surface area contributed by atoms with Gasteiger partial charge in [-0.1, -0.05) is 0 Å². The molecule has 2 aromatic rings. The summed E-state index contributed by atoms with van der Waals surface area (Å²) in [6.45, 7) is 4.40. The number of halogens is 1. The topological polar surface area (TPSA) is 67.4 Å². The van der Waals surface area contributed by atoms with E-state index in [-0.39, 0.29) is 5.82 Å². The molecule has 2 heterocycles. The first-order chi connectivity index (χ1) is 10.0. The Labute approximate surface area is 122 Å². The van der Waals surface area contributed by atoms with Gasteiger partial charge in [-0.3, -0.25) is 19.9 Å². The first-order valence-corrected chi connectivity index (χ1v) is 6.66. The lowest BCUT2D eigenvalue weighted by molar-refractivity contribution is 0.508. The van der Waals surface area contributed by atoms with Gasteiger partial charge in [-0.25, -0.2) is 4.39 Å². The summed E-state index contributed by atoms with van der Waals surface area (Å²) in [4.78, 5) is 15.0. The number of anilines is 1. The van der Waals surface area contributed by atoms with Gasteiger partial charge in [0.05, 0.1) is 17.9 Å². The summed E-state index contributed by atoms with van der Waals surface area (Å²) in [6.07, 6.45) is 3.31. The van der Waals surface area contributed by atoms with Crippen LogP contribution in [0.2, 0.25) is 0 Å². The molecule has 0 radical (unpaired) electrons. The molecular weight excluding hydrogens is 269 g/mol. The fourth-order valence-electron chi connectivity index (χ4n) is 2.75. The smallest absolute Gasteiger partial charge is 0.196 e. The average molecular weight is 285 g/mol. The molecule has 1 aliphatic rings. The highest BCUT2D eigenvalue weighted by atomic mass is 19.1. The maximum Gasteiger partial charge on any atom is 0.196 e. The van der Waals surface area contributed by atoms with Crippen molar-refractivity contribution in [2.45, 2.75) is 19.4 Å². The molecule has 6 heteroatoms. The van der Waals surface area contributed by atoms with Crippen LogP contribution in [0.5, 0.6) is 0 Å². The third kappa shape index (κ3) is 2.12. The molecule has 1 aliphatic heterocycles. The third-order valence-corrected chi connectivity index (χ3v) is 3.75. The van der Waals surface area contributed by atoms with Crippen LogP contribution in [0.1, 0.15) is 18.3 Å². The number of benzene rings is 1. The average Bonchev–Trinajstić information content (AvgIpc) is 2.77. The molecule has 0 amide bonds. The summed E-state index contributed by atoms with van der Waals surface area (Å²) in [5.41, 5.74) is 7.95. The van der Waals surface area contributed by atoms with E-state index in [1.54, 1.807) is 24.5 Å². The number of hydrogen-bond donors (Lipinski definition) is 1. The third-order valence-electron chi connectivity index (χ3n) is 3.75. The molecular formula is C15H16FN5. The number of rotatable bonds is 2. The summed E-state index contributed by atoms with van der Waals surface area (Å²) >= 11 is 0. The maximum atomic E-state index is 13.1. The van der Waals surface area contributed by atoms with Crippen molar-refractivity contribution in [1.29, 1.82) is 0 Å². The van der Waals surface area contributed by atoms with Crippen molar-refractivity contribution in [1.82, 2.24) is 9.97 Å². The fourth-order valence-corrected chi connectivity index (χ4v) is 2.75. The van der Waals surface area contributed by atoms with E-state index in [0.717, 1.165) is 17.1 Å². The largest absolute Gasteiger partial charge is 0.369 e. The lowest BCUT2D eigenvalue weighted by atomic mass is 9.94. The van der Waals surface area contributed by atoms with Gasteiger partial charge in [-0.2, -0.15) is 0 Å². The van der Waals surface area contributed by atoms with E-state index >= 15 is 0 Å². The quantitative estimate of drug-likeness (QED) is 0.916. The Balaban J connectivity index is 2.10. The molecule has 0 saturated heterocycles. The van der Waals surface area contributed by atoms with Crippen LogP contribution >= 0.6 is 0 Å². The van der Waals surface area contributed by atoms with Crippen molar-refractivity contribution in [3.63, 3.8) is 0 Å². The molecule has 0 bridgehead atoms. The summed E-state index contributed by atoms with van der Waals surface area (Å²) in [5.74, 6) is 0.111. The summed E-state index contributed by atoms with van der Waals surface area (Å²) in [6, 6.07) is 6.19. The van der Waals surface area contributed by atoms with Crippen LogP contribution in [0.15, 0.2) is 41.7 Å². The molecule has 21 heavy (non-hydrogen) atoms. The van der Waals surface area contributed by atoms with Crippen LogP contribution in [-0.4, -0.2) is 22.5 Å². The van der Waals surface area contributed by atoms with E-state index in [4.69, 9.17) is 5.73 Å². The Hall–Kier alpha value is -2.50. The number of aliphatic imine (C=N–C) groups is 1. The molecule has 3 rings (SSSR count). The maximum absolute atomic E-state index is 13.1. The van der Waals surface area contributed by atoms with Gasteiger partial charge in [0.1, 0.15) is 11.4 Å². The van der Waals surface area contributed by atoms with Crippen molar-refractivity contribution in [3.05, 3.63) is 53.9 Å². The highest BCUT2D eigenvalue weighted by molar-refractivity contribution is 5.98. The van der Waals surface area contributed by atoms with Gasteiger partial charge in [0, 0.05) is 18.1 Å². The molecule has 1 aromatic heterocycles. The van der Waals surface area contributed by atoms with Crippen LogP contribution in [0.3, 0.4) is 0 Å². The normalized spacial score (nSPS) is 21.5. The van der Waals surface area contributed by atoms with Crippen molar-refractivity contribution in [2.24, 2.45) is 10.7 Å². The second-order valence-corrected chi connectivity index (χ2v) is 5.25. The zero-order valence-electron chi connectivity index (χ0n) is 11.9. The number of guanidine groups is 1. The number of hydrogen-bond acceptors (Lipinski definition) is 5. The number of aryl methyl sites for hydroxylation is 1. The molecule has 1 atom stereocenters. The van der Waals surface area contributed by atoms with Crippen molar-refractivity contribution in [2.75, 3.05) is 11.4 Å². The molecule has 1 unspecified atom stereocenters. The van der Waals surface area contributed by atoms with E-state index in [2.05, 4.69) is 15.0 Å². The fraction of sp³-hybridized carbons (Fsp3) is 0.267. The minimum atomic E-state index is -0.528. The van der Waals surface area contributed by atoms with Gasteiger partial charge in [-0.05, 0) is 38.1 Å². The Morgan fingerprint density at radius 3 is 2.52 bits per heavy atom. The second kappa shape index (κ2) is 4.80. The van der Waals surface area contributed by atoms with Crippen molar-refractivity contribution < 1.29 is 4.39 Å². The van der Waals surface area contributed by atoms with Crippen molar-refractivity contribution >= 4 is 11.6 Å². The van der Waals surface area contributed by atoms with Crippen LogP contribution in [0, 0.1) is 12.7 Å². The molecule has 0 saturated carbocycles. The summed E-state index contributed by atoms with van der Waals surface area (Å²) < 4.78 is 13.1. The zero-order valence-corrected chi connectivity index (χ0v) is 11.9. The van der Waals surface area contributed by atoms with Gasteiger partial charge in [0.2, 0.25) is 0 Å². The van der Waals surface area contributed by atoms with Gasteiger partial charge in [0.25, 0.3) is 0 Å². The minimum Gasteiger partial charge on any atom is -0.369 e. The molecule has 1 aromatic carbocycles. The van der Waals surface area contributed by atoms with Crippen LogP contribution < -0.4 is 10.6 Å². The molecule has 0 fully saturated rings. The van der Waals surface area contributed by atoms with E-state index in [1.807, 2.05) is 18.7 Å². The lowest BCUT2D eigenvalue weighted by Crippen LogP contribution is -2.48. The molecule has 108 valence electrons. The summed E-state index contributed by atoms with van der Waals surface area (Å²) in [5, 5.41) is 0. The monoisotopic (exact) mass is 285 g/mol. The van der Waals surface area contributed by atoms with Crippen LogP contribution in [0.25, 0.3) is 0 Å². The molecule has 0 spiro atoms. The van der Waals surface area contributed by atoms with Crippen LogP contribution in [0.4, 0.5) is 10.1 Å². The standard InChI is InChI=1S/C15H16FN5/c1-10-13(19-8-7-18-10)15(2)9-20-14(17)21(15)12-5-3-11(16)4-6-12/h3-8H,9H2,1-2H3,(H2,17,20). The number of aromatic nitrogens is 2. The van der Waals surface area contributed by atoms with E-state index in [0.29, 0.717) is 12.5 Å². The Kier molecular flexibility index (Phi) is 3.08. The minimum absolute atomic E-state index is 0.286. The van der Waals surface area contributed by atoms with Crippen LogP contribution in [-0.2, 0) is 5.54 Å². The zero-order chi connectivity index (χ0) is 15.0. The molecule has 0 aliphatic carbocycles. The predicted molar refractivity (Wildman–Crippen MR) is 79.5 cm³/mol. The number of nitrogens with two attached hydrogens (primary N) is 1. The lowest BCUT2D eigenvalue weighted by Gasteiger charge is -2.36. The Morgan fingerprint density at radius 2 is 1.86 bits per heavy atom. The number of nitrogens with zero attached hydrogens (tertiary/aromatic N) is 4. The van der Waals surface area contributed by atoms with Crippen molar-refractivity contribution in [3.8, 4) is 0 Å². The highest BCUT2D eigenvalue weighted by Gasteiger charge is 2.43. The Bertz CT molecular complexity index is 697. The first-order valence-electron chi connectivity index (χ1n) is 6.66. The highest BCUT2D eigenvalue weighted by Crippen LogP contribution is 2.36. The summed E-state index contributed by atoms with van der Waals surface area (Å²) in [7, 11) is 0. The van der Waals surface area contributed by atoms with Gasteiger partial charge in [0.15, 0.2) is 5.96 Å². The SMILES string of the molecule is Cc1nccnc1C1(C)CN=C(N)N1c1ccc(F)cc1. The van der Waals surface area contributed by atoms with Gasteiger partial charge >= 0.3 is 0 Å². The molecule has 5 nitrogen and oxygen atoms in total. The predicted octanol–water partition coefficient (Wildman–Crippen LogP) is 1.97. The van der Waals surface area contributed by atoms with E-state index < -0.39 is 5.54 Å². The second-order valence-electron chi connectivity index (χ2n) is 5.25. The van der Waals surface area contributed by atoms with Gasteiger partial charge in [-0.15, -0.1) is 0 Å². The first kappa shape index (κ1) is 13.5. The van der Waals surface area contributed by atoms with E-state index in [9.17, 15) is 4.39 Å². The van der Waals surface area contributed by atoms with Gasteiger partial charge < -0.3 is 5.73 Å².